The molecule has 0 saturated carbocycles. The van der Waals surface area contributed by atoms with Gasteiger partial charge in [0.15, 0.2) is 0 Å². The number of likely N-dealkylation sites (tertiary alicyclic amines) is 1. The normalized spacial score (nSPS) is 23.1. The maximum atomic E-state index is 5.53. The Morgan fingerprint density at radius 1 is 1.44 bits per heavy atom. The fourth-order valence-corrected chi connectivity index (χ4v) is 2.11. The van der Waals surface area contributed by atoms with Crippen molar-refractivity contribution in [2.75, 3.05) is 13.1 Å². The zero-order chi connectivity index (χ0) is 12.3. The van der Waals surface area contributed by atoms with E-state index < -0.39 is 0 Å². The Morgan fingerprint density at radius 3 is 2.44 bits per heavy atom. The van der Waals surface area contributed by atoms with Crippen molar-refractivity contribution in [2.24, 2.45) is 22.2 Å². The van der Waals surface area contributed by atoms with Crippen LogP contribution in [0, 0.1) is 11.3 Å². The van der Waals surface area contributed by atoms with Crippen LogP contribution in [0.4, 0.5) is 0 Å². The van der Waals surface area contributed by atoms with Crippen LogP contribution in [-0.4, -0.2) is 30.0 Å². The molecule has 1 aliphatic heterocycles. The summed E-state index contributed by atoms with van der Waals surface area (Å²) in [5.41, 5.74) is 3.09. The molecule has 1 aliphatic rings. The van der Waals surface area contributed by atoms with E-state index in [0.29, 0.717) is 5.41 Å². The summed E-state index contributed by atoms with van der Waals surface area (Å²) in [5.74, 6) is 7.09. The molecule has 16 heavy (non-hydrogen) atoms. The second kappa shape index (κ2) is 5.04. The van der Waals surface area contributed by atoms with Crippen molar-refractivity contribution in [1.29, 1.82) is 0 Å². The Bertz CT molecular complexity index is 252. The summed E-state index contributed by atoms with van der Waals surface area (Å²) in [6.07, 6.45) is 1.22. The molecular formula is C12H26N4. The van der Waals surface area contributed by atoms with Crippen molar-refractivity contribution in [3.05, 3.63) is 0 Å². The lowest BCUT2D eigenvalue weighted by atomic mass is 9.80. The number of nitrogens with one attached hydrogen (secondary N) is 1. The van der Waals surface area contributed by atoms with Crippen LogP contribution < -0.4 is 11.3 Å². The minimum atomic E-state index is 0.278. The summed E-state index contributed by atoms with van der Waals surface area (Å²) in [6, 6.07) is 0.278. The highest BCUT2D eigenvalue weighted by molar-refractivity contribution is 5.79. The summed E-state index contributed by atoms with van der Waals surface area (Å²) in [6.45, 7) is 13.1. The molecule has 0 aromatic rings. The van der Waals surface area contributed by atoms with E-state index in [1.54, 1.807) is 0 Å². The molecule has 0 spiro atoms. The maximum absolute atomic E-state index is 5.53. The molecule has 4 heteroatoms. The highest BCUT2D eigenvalue weighted by Crippen LogP contribution is 2.33. The molecule has 1 fully saturated rings. The van der Waals surface area contributed by atoms with Gasteiger partial charge in [-0.15, -0.1) is 0 Å². The van der Waals surface area contributed by atoms with E-state index in [0.717, 1.165) is 25.0 Å². The van der Waals surface area contributed by atoms with E-state index in [4.69, 9.17) is 5.84 Å². The zero-order valence-corrected chi connectivity index (χ0v) is 11.2. The summed E-state index contributed by atoms with van der Waals surface area (Å²) < 4.78 is 0. The molecule has 0 aromatic carbocycles. The van der Waals surface area contributed by atoms with Crippen LogP contribution in [0.2, 0.25) is 0 Å². The number of hydrogen-bond donors (Lipinski definition) is 2. The molecule has 0 bridgehead atoms. The third-order valence-corrected chi connectivity index (χ3v) is 3.22. The third-order valence-electron chi connectivity index (χ3n) is 3.22. The predicted molar refractivity (Wildman–Crippen MR) is 69.0 cm³/mol. The van der Waals surface area contributed by atoms with E-state index in [2.05, 4.69) is 49.9 Å². The van der Waals surface area contributed by atoms with Gasteiger partial charge in [0, 0.05) is 19.1 Å². The van der Waals surface area contributed by atoms with Gasteiger partial charge in [0.05, 0.1) is 0 Å². The van der Waals surface area contributed by atoms with E-state index in [-0.39, 0.29) is 6.04 Å². The second-order valence-electron chi connectivity index (χ2n) is 5.99. The van der Waals surface area contributed by atoms with Gasteiger partial charge in [0.2, 0.25) is 5.96 Å². The second-order valence-corrected chi connectivity index (χ2v) is 5.99. The van der Waals surface area contributed by atoms with Crippen molar-refractivity contribution in [2.45, 2.75) is 47.1 Å². The highest BCUT2D eigenvalue weighted by atomic mass is 15.4. The number of guanidine groups is 1. The Kier molecular flexibility index (Phi) is 4.19. The molecule has 0 aliphatic carbocycles. The maximum Gasteiger partial charge on any atom is 0.208 e. The number of hydrogen-bond acceptors (Lipinski definition) is 2. The lowest BCUT2D eigenvalue weighted by Crippen LogP contribution is -2.44. The minimum Gasteiger partial charge on any atom is -0.342 e. The van der Waals surface area contributed by atoms with E-state index >= 15 is 0 Å². The van der Waals surface area contributed by atoms with Crippen molar-refractivity contribution in [1.82, 2.24) is 10.3 Å². The molecule has 0 radical (unpaired) electrons. The van der Waals surface area contributed by atoms with Crippen molar-refractivity contribution in [3.8, 4) is 0 Å². The van der Waals surface area contributed by atoms with Gasteiger partial charge in [-0.05, 0) is 31.6 Å². The van der Waals surface area contributed by atoms with Crippen LogP contribution in [0.3, 0.4) is 0 Å². The van der Waals surface area contributed by atoms with Gasteiger partial charge in [0.25, 0.3) is 0 Å². The van der Waals surface area contributed by atoms with E-state index in [9.17, 15) is 0 Å². The van der Waals surface area contributed by atoms with Crippen LogP contribution in [-0.2, 0) is 0 Å². The Labute approximate surface area is 99.3 Å². The van der Waals surface area contributed by atoms with Crippen LogP contribution in [0.15, 0.2) is 4.99 Å². The summed E-state index contributed by atoms with van der Waals surface area (Å²) in [7, 11) is 0. The first-order chi connectivity index (χ1) is 7.34. The Hall–Kier alpha value is -0.770. The fraction of sp³-hybridized carbons (Fsp3) is 0.917. The average molecular weight is 226 g/mol. The molecule has 1 saturated heterocycles. The topological polar surface area (TPSA) is 53.6 Å². The lowest BCUT2D eigenvalue weighted by Gasteiger charge is -2.27. The first-order valence-corrected chi connectivity index (χ1v) is 6.14. The van der Waals surface area contributed by atoms with Crippen LogP contribution >= 0.6 is 0 Å². The molecule has 1 rings (SSSR count). The molecule has 1 heterocycles. The van der Waals surface area contributed by atoms with Gasteiger partial charge in [-0.25, -0.2) is 10.8 Å². The molecular weight excluding hydrogens is 200 g/mol. The third kappa shape index (κ3) is 3.37. The van der Waals surface area contributed by atoms with Crippen molar-refractivity contribution in [3.63, 3.8) is 0 Å². The van der Waals surface area contributed by atoms with Crippen LogP contribution in [0.5, 0.6) is 0 Å². The number of rotatable bonds is 1. The monoisotopic (exact) mass is 226 g/mol. The largest absolute Gasteiger partial charge is 0.342 e. The number of nitrogens with zero attached hydrogens (tertiary/aromatic N) is 2. The number of nitrogens with two attached hydrogens (primary N) is 1. The van der Waals surface area contributed by atoms with Gasteiger partial charge < -0.3 is 4.90 Å². The average Bonchev–Trinajstić information content (AvgIpc) is 2.61. The molecule has 4 nitrogen and oxygen atoms in total. The summed E-state index contributed by atoms with van der Waals surface area (Å²) >= 11 is 0. The lowest BCUT2D eigenvalue weighted by molar-refractivity contribution is 0.249. The van der Waals surface area contributed by atoms with Gasteiger partial charge in [-0.3, -0.25) is 5.43 Å². The molecule has 0 amide bonds. The molecule has 0 aromatic heterocycles. The fourth-order valence-electron chi connectivity index (χ4n) is 2.11. The van der Waals surface area contributed by atoms with Gasteiger partial charge in [-0.2, -0.15) is 0 Å². The number of hydrazine groups is 1. The van der Waals surface area contributed by atoms with Gasteiger partial charge >= 0.3 is 0 Å². The van der Waals surface area contributed by atoms with Crippen molar-refractivity contribution >= 4 is 5.96 Å². The molecule has 3 N–H and O–H groups in total. The smallest absolute Gasteiger partial charge is 0.208 e. The Balaban J connectivity index is 2.64. The molecule has 94 valence electrons. The zero-order valence-electron chi connectivity index (χ0n) is 11.2. The van der Waals surface area contributed by atoms with Crippen LogP contribution in [0.25, 0.3) is 0 Å². The molecule has 1 unspecified atom stereocenters. The highest BCUT2D eigenvalue weighted by Gasteiger charge is 2.32. The standard InChI is InChI=1S/C12H26N4/c1-9(2)14-11(15-13)16-7-6-10(8-16)12(3,4)5/h9-10H,6-8,13H2,1-5H3,(H,14,15). The van der Waals surface area contributed by atoms with E-state index in [1.165, 1.54) is 6.42 Å². The summed E-state index contributed by atoms with van der Waals surface area (Å²) in [5, 5.41) is 0. The van der Waals surface area contributed by atoms with Crippen LogP contribution in [0.1, 0.15) is 41.0 Å². The van der Waals surface area contributed by atoms with Gasteiger partial charge in [-0.1, -0.05) is 20.8 Å². The Morgan fingerprint density at radius 2 is 2.06 bits per heavy atom. The SMILES string of the molecule is CC(C)N=C(NN)N1CCC(C(C)(C)C)C1. The minimum absolute atomic E-state index is 0.278. The number of aliphatic imine (C=N–C) groups is 1. The van der Waals surface area contributed by atoms with E-state index in [1.807, 2.05) is 0 Å². The van der Waals surface area contributed by atoms with Gasteiger partial charge in [0.1, 0.15) is 0 Å². The van der Waals surface area contributed by atoms with Crippen molar-refractivity contribution < 1.29 is 0 Å². The first-order valence-electron chi connectivity index (χ1n) is 6.14. The first kappa shape index (κ1) is 13.3. The molecule has 1 atom stereocenters. The summed E-state index contributed by atoms with van der Waals surface area (Å²) in [4.78, 5) is 6.76. The predicted octanol–water partition coefficient (Wildman–Crippen LogP) is 1.58. The quantitative estimate of drug-likeness (QED) is 0.309.